The number of hydroxylamine groups is 1. The second-order valence-electron chi connectivity index (χ2n) is 2.35. The summed E-state index contributed by atoms with van der Waals surface area (Å²) in [6.07, 6.45) is -0.553. The first kappa shape index (κ1) is 12.3. The molecule has 8 heteroatoms. The molecule has 0 aliphatic carbocycles. The van der Waals surface area contributed by atoms with Crippen molar-refractivity contribution in [3.63, 3.8) is 0 Å². The summed E-state index contributed by atoms with van der Waals surface area (Å²) in [7, 11) is 0. The van der Waals surface area contributed by atoms with Crippen LogP contribution >= 0.6 is 0 Å². The van der Waals surface area contributed by atoms with Crippen LogP contribution in [0, 0.1) is 0 Å². The minimum Gasteiger partial charge on any atom is -0.481 e. The van der Waals surface area contributed by atoms with Crippen LogP contribution in [0.1, 0.15) is 6.42 Å². The first-order valence-corrected chi connectivity index (χ1v) is 3.54. The predicted octanol–water partition coefficient (Wildman–Crippen LogP) is -2.08. The van der Waals surface area contributed by atoms with Crippen molar-refractivity contribution in [2.24, 2.45) is 5.73 Å². The Morgan fingerprint density at radius 2 is 1.86 bits per heavy atom. The van der Waals surface area contributed by atoms with Gasteiger partial charge in [-0.15, -0.1) is 0 Å². The lowest BCUT2D eigenvalue weighted by Crippen LogP contribution is -2.42. The zero-order valence-corrected chi connectivity index (χ0v) is 7.10. The van der Waals surface area contributed by atoms with E-state index in [1.807, 2.05) is 0 Å². The molecule has 0 aliphatic rings. The van der Waals surface area contributed by atoms with Gasteiger partial charge in [-0.1, -0.05) is 0 Å². The highest BCUT2D eigenvalue weighted by molar-refractivity contribution is 5.85. The first-order chi connectivity index (χ1) is 6.43. The fourth-order valence-electron chi connectivity index (χ4n) is 0.525. The third-order valence-electron chi connectivity index (χ3n) is 1.10. The minimum absolute atomic E-state index is 0.553. The Morgan fingerprint density at radius 1 is 1.29 bits per heavy atom. The molecule has 1 atom stereocenters. The Labute approximate surface area is 78.6 Å². The van der Waals surface area contributed by atoms with Crippen LogP contribution in [-0.4, -0.2) is 40.7 Å². The number of nitrogens with two attached hydrogens (primary N) is 1. The lowest BCUT2D eigenvalue weighted by molar-refractivity contribution is -0.151. The van der Waals surface area contributed by atoms with Crippen molar-refractivity contribution in [1.82, 2.24) is 5.48 Å². The normalized spacial score (nSPS) is 11.8. The molecule has 14 heavy (non-hydrogen) atoms. The molecule has 0 fully saturated rings. The molecule has 0 spiro atoms. The Bertz CT molecular complexity index is 240. The van der Waals surface area contributed by atoms with Crippen LogP contribution in [0.3, 0.4) is 0 Å². The molecule has 0 heterocycles. The molecule has 0 aromatic rings. The molecule has 80 valence electrons. The summed E-state index contributed by atoms with van der Waals surface area (Å²) in [5.74, 6) is -3.38. The molecule has 0 aromatic carbocycles. The van der Waals surface area contributed by atoms with Gasteiger partial charge in [-0.05, 0) is 0 Å². The van der Waals surface area contributed by atoms with E-state index in [9.17, 15) is 14.4 Å². The van der Waals surface area contributed by atoms with Crippen LogP contribution in [0.25, 0.3) is 0 Å². The number of carbonyl (C=O) groups excluding carboxylic acids is 1. The van der Waals surface area contributed by atoms with Gasteiger partial charge in [0.05, 0.1) is 12.5 Å². The highest BCUT2D eigenvalue weighted by Crippen LogP contribution is 1.87. The summed E-state index contributed by atoms with van der Waals surface area (Å²) in [6.45, 7) is -0.717. The van der Waals surface area contributed by atoms with Crippen molar-refractivity contribution in [3.05, 3.63) is 0 Å². The van der Waals surface area contributed by atoms with E-state index in [1.165, 1.54) is 0 Å². The van der Waals surface area contributed by atoms with E-state index in [1.54, 1.807) is 5.48 Å². The third-order valence-corrected chi connectivity index (χ3v) is 1.10. The maximum absolute atomic E-state index is 10.8. The molecule has 0 aromatic heterocycles. The maximum Gasteiger partial charge on any atom is 0.332 e. The zero-order chi connectivity index (χ0) is 11.1. The minimum atomic E-state index is -1.27. The van der Waals surface area contributed by atoms with Gasteiger partial charge in [0.15, 0.2) is 6.61 Å². The van der Waals surface area contributed by atoms with E-state index in [0.717, 1.165) is 0 Å². The SMILES string of the molecule is NC(CC(=O)O)C(=O)NOCC(=O)O. The molecule has 0 saturated heterocycles. The number of aliphatic carboxylic acids is 2. The number of carboxylic acids is 2. The molecule has 0 bridgehead atoms. The number of carboxylic acid groups (broad SMARTS) is 2. The van der Waals surface area contributed by atoms with Crippen molar-refractivity contribution in [2.75, 3.05) is 6.61 Å². The summed E-state index contributed by atoms with van der Waals surface area (Å²) in [5.41, 5.74) is 6.83. The molecule has 1 amide bonds. The van der Waals surface area contributed by atoms with Gasteiger partial charge >= 0.3 is 11.9 Å². The smallest absolute Gasteiger partial charge is 0.332 e. The van der Waals surface area contributed by atoms with Crippen LogP contribution in [0.4, 0.5) is 0 Å². The van der Waals surface area contributed by atoms with Gasteiger partial charge in [0.1, 0.15) is 0 Å². The molecule has 5 N–H and O–H groups in total. The van der Waals surface area contributed by atoms with Crippen LogP contribution in [0.2, 0.25) is 0 Å². The monoisotopic (exact) mass is 206 g/mol. The molecule has 0 radical (unpaired) electrons. The van der Waals surface area contributed by atoms with Gasteiger partial charge in [-0.2, -0.15) is 0 Å². The molecule has 0 aliphatic heterocycles. The number of nitrogens with one attached hydrogen (secondary N) is 1. The molecule has 0 rings (SSSR count). The van der Waals surface area contributed by atoms with Gasteiger partial charge in [0, 0.05) is 0 Å². The van der Waals surface area contributed by atoms with Gasteiger partial charge in [-0.3, -0.25) is 14.4 Å². The van der Waals surface area contributed by atoms with E-state index in [-0.39, 0.29) is 0 Å². The van der Waals surface area contributed by atoms with Crippen molar-refractivity contribution in [3.8, 4) is 0 Å². The summed E-state index contributed by atoms with van der Waals surface area (Å²) >= 11 is 0. The lowest BCUT2D eigenvalue weighted by Gasteiger charge is -2.08. The summed E-state index contributed by atoms with van der Waals surface area (Å²) in [5, 5.41) is 16.4. The summed E-state index contributed by atoms with van der Waals surface area (Å²) < 4.78 is 0. The van der Waals surface area contributed by atoms with Gasteiger partial charge in [-0.25, -0.2) is 10.3 Å². The Kier molecular flexibility index (Phi) is 5.19. The Balaban J connectivity index is 3.73. The van der Waals surface area contributed by atoms with E-state index in [2.05, 4.69) is 4.84 Å². The standard InChI is InChI=1S/C6H10N2O6/c7-3(1-4(9)10)6(13)8-14-2-5(11)12/h3H,1-2,7H2,(H,8,13)(H,9,10)(H,11,12). The van der Waals surface area contributed by atoms with E-state index >= 15 is 0 Å². The molecular formula is C6H10N2O6. The molecular weight excluding hydrogens is 196 g/mol. The summed E-state index contributed by atoms with van der Waals surface area (Å²) in [6, 6.07) is -1.26. The van der Waals surface area contributed by atoms with Gasteiger partial charge in [0.25, 0.3) is 5.91 Å². The third kappa shape index (κ3) is 5.91. The van der Waals surface area contributed by atoms with Gasteiger partial charge < -0.3 is 15.9 Å². The first-order valence-electron chi connectivity index (χ1n) is 3.54. The quantitative estimate of drug-likeness (QED) is 0.366. The second-order valence-corrected chi connectivity index (χ2v) is 2.35. The molecule has 8 nitrogen and oxygen atoms in total. The van der Waals surface area contributed by atoms with Crippen LogP contribution in [0.5, 0.6) is 0 Å². The predicted molar refractivity (Wildman–Crippen MR) is 42.0 cm³/mol. The fourth-order valence-corrected chi connectivity index (χ4v) is 0.525. The maximum atomic E-state index is 10.8. The van der Waals surface area contributed by atoms with Crippen molar-refractivity contribution >= 4 is 17.8 Å². The average Bonchev–Trinajstić information content (AvgIpc) is 2.01. The second kappa shape index (κ2) is 5.89. The highest BCUT2D eigenvalue weighted by Gasteiger charge is 2.17. The largest absolute Gasteiger partial charge is 0.481 e. The number of carbonyl (C=O) groups is 3. The number of amides is 1. The van der Waals surface area contributed by atoms with Crippen LogP contribution < -0.4 is 11.2 Å². The van der Waals surface area contributed by atoms with Crippen LogP contribution in [0.15, 0.2) is 0 Å². The Hall–Kier alpha value is -1.67. The van der Waals surface area contributed by atoms with Crippen molar-refractivity contribution in [2.45, 2.75) is 12.5 Å². The number of hydrogen-bond donors (Lipinski definition) is 4. The van der Waals surface area contributed by atoms with E-state index in [4.69, 9.17) is 15.9 Å². The lowest BCUT2D eigenvalue weighted by atomic mass is 10.2. The topological polar surface area (TPSA) is 139 Å². The molecule has 0 saturated carbocycles. The summed E-state index contributed by atoms with van der Waals surface area (Å²) in [4.78, 5) is 35.1. The van der Waals surface area contributed by atoms with Crippen molar-refractivity contribution in [1.29, 1.82) is 0 Å². The average molecular weight is 206 g/mol. The highest BCUT2D eigenvalue weighted by atomic mass is 16.7. The van der Waals surface area contributed by atoms with Crippen LogP contribution in [-0.2, 0) is 19.2 Å². The fraction of sp³-hybridized carbons (Fsp3) is 0.500. The zero-order valence-electron chi connectivity index (χ0n) is 7.10. The Morgan fingerprint density at radius 3 is 2.29 bits per heavy atom. The van der Waals surface area contributed by atoms with E-state index in [0.29, 0.717) is 0 Å². The van der Waals surface area contributed by atoms with Gasteiger partial charge in [0.2, 0.25) is 0 Å². The number of hydrogen-bond acceptors (Lipinski definition) is 5. The molecule has 1 unspecified atom stereocenters. The van der Waals surface area contributed by atoms with Crippen molar-refractivity contribution < 1.29 is 29.4 Å². The van der Waals surface area contributed by atoms with E-state index < -0.39 is 36.9 Å². The number of rotatable bonds is 6.